The second-order valence-electron chi connectivity index (χ2n) is 5.45. The average Bonchev–Trinajstić information content (AvgIpc) is 2.75. The topological polar surface area (TPSA) is 57.5 Å². The largest absolute Gasteiger partial charge is 0.357 e. The Morgan fingerprint density at radius 1 is 1.45 bits per heavy atom. The standard InChI is InChI=1S/C14H28N6/c1-7-15-14(18-11(2)3)16-9-13(19(4)5)12-8-17-20(6)10-12/h8,10-11,13H,7,9H2,1-6H3,(H2,15,16,18). The molecule has 6 heteroatoms. The summed E-state index contributed by atoms with van der Waals surface area (Å²) in [5.74, 6) is 0.859. The Kier molecular flexibility index (Phi) is 6.51. The van der Waals surface area contributed by atoms with Crippen LogP contribution in [0.3, 0.4) is 0 Å². The third kappa shape index (κ3) is 5.21. The van der Waals surface area contributed by atoms with Gasteiger partial charge in [-0.05, 0) is 34.9 Å². The van der Waals surface area contributed by atoms with Gasteiger partial charge in [0.25, 0.3) is 0 Å². The number of likely N-dealkylation sites (N-methyl/N-ethyl adjacent to an activating group) is 1. The monoisotopic (exact) mass is 280 g/mol. The number of hydrogen-bond acceptors (Lipinski definition) is 3. The molecule has 1 rings (SSSR count). The molecule has 0 saturated heterocycles. The Balaban J connectivity index is 2.78. The molecule has 0 aromatic carbocycles. The Morgan fingerprint density at radius 3 is 2.60 bits per heavy atom. The van der Waals surface area contributed by atoms with Crippen molar-refractivity contribution >= 4 is 5.96 Å². The molecule has 2 N–H and O–H groups in total. The van der Waals surface area contributed by atoms with Crippen molar-refractivity contribution in [2.45, 2.75) is 32.9 Å². The van der Waals surface area contributed by atoms with Gasteiger partial charge in [-0.15, -0.1) is 0 Å². The van der Waals surface area contributed by atoms with E-state index in [0.717, 1.165) is 12.5 Å². The van der Waals surface area contributed by atoms with Crippen LogP contribution < -0.4 is 10.6 Å². The Labute approximate surface area is 122 Å². The van der Waals surface area contributed by atoms with Crippen LogP contribution in [0.25, 0.3) is 0 Å². The van der Waals surface area contributed by atoms with E-state index in [1.165, 1.54) is 5.56 Å². The summed E-state index contributed by atoms with van der Waals surface area (Å²) in [6.07, 6.45) is 3.95. The van der Waals surface area contributed by atoms with Gasteiger partial charge in [0.05, 0.1) is 18.8 Å². The predicted molar refractivity (Wildman–Crippen MR) is 83.9 cm³/mol. The molecule has 0 aliphatic rings. The summed E-state index contributed by atoms with van der Waals surface area (Å²) in [7, 11) is 6.07. The molecule has 0 spiro atoms. The molecule has 0 aliphatic heterocycles. The Hall–Kier alpha value is -1.56. The van der Waals surface area contributed by atoms with E-state index in [0.29, 0.717) is 12.6 Å². The van der Waals surface area contributed by atoms with Crippen molar-refractivity contribution in [3.63, 3.8) is 0 Å². The van der Waals surface area contributed by atoms with E-state index in [4.69, 9.17) is 0 Å². The molecule has 0 amide bonds. The molecular weight excluding hydrogens is 252 g/mol. The van der Waals surface area contributed by atoms with Gasteiger partial charge in [0, 0.05) is 31.4 Å². The molecule has 0 bridgehead atoms. The maximum absolute atomic E-state index is 4.68. The summed E-state index contributed by atoms with van der Waals surface area (Å²) < 4.78 is 1.83. The first-order valence-corrected chi connectivity index (χ1v) is 7.13. The zero-order valence-corrected chi connectivity index (χ0v) is 13.5. The quantitative estimate of drug-likeness (QED) is 0.602. The van der Waals surface area contributed by atoms with E-state index in [2.05, 4.69) is 60.5 Å². The third-order valence-corrected chi connectivity index (χ3v) is 2.92. The summed E-state index contributed by atoms with van der Waals surface area (Å²) in [6.45, 7) is 7.84. The van der Waals surface area contributed by atoms with Crippen molar-refractivity contribution in [3.8, 4) is 0 Å². The Morgan fingerprint density at radius 2 is 2.15 bits per heavy atom. The number of hydrogen-bond donors (Lipinski definition) is 2. The SMILES string of the molecule is CCNC(=NCC(c1cnn(C)c1)N(C)C)NC(C)C. The van der Waals surface area contributed by atoms with Gasteiger partial charge in [0.1, 0.15) is 0 Å². The van der Waals surface area contributed by atoms with Crippen molar-refractivity contribution in [2.75, 3.05) is 27.2 Å². The first-order chi connectivity index (χ1) is 9.43. The van der Waals surface area contributed by atoms with Crippen LogP contribution in [0, 0.1) is 0 Å². The minimum absolute atomic E-state index is 0.228. The zero-order chi connectivity index (χ0) is 15.1. The van der Waals surface area contributed by atoms with E-state index in [9.17, 15) is 0 Å². The van der Waals surface area contributed by atoms with Gasteiger partial charge in [0.2, 0.25) is 0 Å². The molecule has 0 radical (unpaired) electrons. The van der Waals surface area contributed by atoms with Crippen molar-refractivity contribution < 1.29 is 0 Å². The molecule has 1 aromatic rings. The van der Waals surface area contributed by atoms with Gasteiger partial charge in [-0.25, -0.2) is 0 Å². The molecule has 1 atom stereocenters. The number of aryl methyl sites for hydroxylation is 1. The average molecular weight is 280 g/mol. The first-order valence-electron chi connectivity index (χ1n) is 7.13. The minimum Gasteiger partial charge on any atom is -0.357 e. The lowest BCUT2D eigenvalue weighted by atomic mass is 10.1. The highest BCUT2D eigenvalue weighted by atomic mass is 15.3. The lowest BCUT2D eigenvalue weighted by molar-refractivity contribution is 0.306. The predicted octanol–water partition coefficient (Wildman–Crippen LogP) is 0.986. The number of rotatable bonds is 6. The highest BCUT2D eigenvalue weighted by Crippen LogP contribution is 2.17. The first kappa shape index (κ1) is 16.5. The van der Waals surface area contributed by atoms with E-state index in [1.54, 1.807) is 0 Å². The van der Waals surface area contributed by atoms with Gasteiger partial charge in [0.15, 0.2) is 5.96 Å². The van der Waals surface area contributed by atoms with Crippen LogP contribution in [0.5, 0.6) is 0 Å². The van der Waals surface area contributed by atoms with Crippen LogP contribution in [-0.4, -0.2) is 53.9 Å². The smallest absolute Gasteiger partial charge is 0.191 e. The number of nitrogens with one attached hydrogen (secondary N) is 2. The lowest BCUT2D eigenvalue weighted by Crippen LogP contribution is -2.41. The molecule has 1 unspecified atom stereocenters. The molecule has 114 valence electrons. The number of guanidine groups is 1. The van der Waals surface area contributed by atoms with Crippen molar-refractivity contribution in [2.24, 2.45) is 12.0 Å². The van der Waals surface area contributed by atoms with Crippen molar-refractivity contribution in [1.29, 1.82) is 0 Å². The highest BCUT2D eigenvalue weighted by Gasteiger charge is 2.15. The van der Waals surface area contributed by atoms with E-state index in [1.807, 2.05) is 24.1 Å². The normalized spacial score (nSPS) is 13.9. The molecular formula is C14H28N6. The van der Waals surface area contributed by atoms with Gasteiger partial charge >= 0.3 is 0 Å². The van der Waals surface area contributed by atoms with Crippen molar-refractivity contribution in [1.82, 2.24) is 25.3 Å². The molecule has 20 heavy (non-hydrogen) atoms. The molecule has 1 heterocycles. The zero-order valence-electron chi connectivity index (χ0n) is 13.5. The second kappa shape index (κ2) is 7.89. The summed E-state index contributed by atoms with van der Waals surface area (Å²) >= 11 is 0. The summed E-state index contributed by atoms with van der Waals surface area (Å²) in [4.78, 5) is 6.84. The van der Waals surface area contributed by atoms with E-state index in [-0.39, 0.29) is 6.04 Å². The second-order valence-corrected chi connectivity index (χ2v) is 5.45. The lowest BCUT2D eigenvalue weighted by Gasteiger charge is -2.22. The van der Waals surface area contributed by atoms with Crippen LogP contribution in [-0.2, 0) is 7.05 Å². The van der Waals surface area contributed by atoms with E-state index >= 15 is 0 Å². The van der Waals surface area contributed by atoms with Gasteiger partial charge in [-0.3, -0.25) is 9.67 Å². The van der Waals surface area contributed by atoms with Gasteiger partial charge in [-0.1, -0.05) is 0 Å². The fraction of sp³-hybridized carbons (Fsp3) is 0.714. The summed E-state index contributed by atoms with van der Waals surface area (Å²) in [5, 5.41) is 10.8. The third-order valence-electron chi connectivity index (χ3n) is 2.92. The molecule has 0 fully saturated rings. The van der Waals surface area contributed by atoms with Gasteiger partial charge in [-0.2, -0.15) is 5.10 Å². The number of aliphatic imine (C=N–C) groups is 1. The molecule has 1 aromatic heterocycles. The van der Waals surface area contributed by atoms with Crippen LogP contribution >= 0.6 is 0 Å². The number of nitrogens with zero attached hydrogens (tertiary/aromatic N) is 4. The van der Waals surface area contributed by atoms with Crippen LogP contribution in [0.4, 0.5) is 0 Å². The fourth-order valence-corrected chi connectivity index (χ4v) is 1.95. The maximum atomic E-state index is 4.68. The summed E-state index contributed by atoms with van der Waals surface area (Å²) in [6, 6.07) is 0.593. The summed E-state index contributed by atoms with van der Waals surface area (Å²) in [5.41, 5.74) is 1.18. The van der Waals surface area contributed by atoms with Crippen LogP contribution in [0.1, 0.15) is 32.4 Å². The van der Waals surface area contributed by atoms with Crippen LogP contribution in [0.15, 0.2) is 17.4 Å². The highest BCUT2D eigenvalue weighted by molar-refractivity contribution is 5.80. The Bertz CT molecular complexity index is 421. The van der Waals surface area contributed by atoms with Crippen molar-refractivity contribution in [3.05, 3.63) is 18.0 Å². The fourth-order valence-electron chi connectivity index (χ4n) is 1.95. The van der Waals surface area contributed by atoms with E-state index < -0.39 is 0 Å². The number of aromatic nitrogens is 2. The minimum atomic E-state index is 0.228. The van der Waals surface area contributed by atoms with Crippen LogP contribution in [0.2, 0.25) is 0 Å². The molecule has 0 aliphatic carbocycles. The van der Waals surface area contributed by atoms with Gasteiger partial charge < -0.3 is 15.5 Å². The maximum Gasteiger partial charge on any atom is 0.191 e. The molecule has 0 saturated carbocycles. The molecule has 6 nitrogen and oxygen atoms in total.